The van der Waals surface area contributed by atoms with E-state index in [1.807, 2.05) is 18.3 Å². The van der Waals surface area contributed by atoms with E-state index >= 15 is 0 Å². The molecule has 0 aliphatic carbocycles. The first-order valence-electron chi connectivity index (χ1n) is 17.4. The van der Waals surface area contributed by atoms with E-state index in [1.165, 1.54) is 16.7 Å². The van der Waals surface area contributed by atoms with Crippen LogP contribution in [0.25, 0.3) is 38.8 Å². The van der Waals surface area contributed by atoms with Gasteiger partial charge in [0.15, 0.2) is 0 Å². The van der Waals surface area contributed by atoms with Gasteiger partial charge >= 0.3 is 0 Å². The average Bonchev–Trinajstić information content (AvgIpc) is 3.75. The van der Waals surface area contributed by atoms with Crippen LogP contribution in [0.15, 0.2) is 134 Å². The minimum absolute atomic E-state index is 0. The summed E-state index contributed by atoms with van der Waals surface area (Å²) in [5, 5.41) is 2.25. The zero-order chi connectivity index (χ0) is 35.3. The molecular weight excluding hydrogens is 820 g/mol. The van der Waals surface area contributed by atoms with Crippen LogP contribution in [0.5, 0.6) is 11.5 Å². The van der Waals surface area contributed by atoms with Crippen LogP contribution < -0.4 is 14.5 Å². The van der Waals surface area contributed by atoms with Crippen molar-refractivity contribution in [2.45, 2.75) is 52.4 Å². The largest absolute Gasteiger partial charge is 0.509 e. The summed E-state index contributed by atoms with van der Waals surface area (Å²) in [6.07, 6.45) is 6.03. The Morgan fingerprint density at radius 1 is 0.615 bits per heavy atom. The van der Waals surface area contributed by atoms with Crippen molar-refractivity contribution in [1.29, 1.82) is 0 Å². The van der Waals surface area contributed by atoms with Crippen molar-refractivity contribution in [2.24, 2.45) is 0 Å². The summed E-state index contributed by atoms with van der Waals surface area (Å²) in [6, 6.07) is 47.4. The third kappa shape index (κ3) is 6.90. The van der Waals surface area contributed by atoms with Gasteiger partial charge in [0, 0.05) is 50.0 Å². The van der Waals surface area contributed by atoms with Crippen LogP contribution in [-0.4, -0.2) is 9.55 Å². The maximum atomic E-state index is 6.63. The fourth-order valence-corrected chi connectivity index (χ4v) is 6.56. The molecule has 0 spiro atoms. The summed E-state index contributed by atoms with van der Waals surface area (Å²) in [4.78, 5) is 9.04. The van der Waals surface area contributed by atoms with Crippen molar-refractivity contribution in [1.82, 2.24) is 9.55 Å². The number of rotatable bonds is 6. The molecule has 0 saturated heterocycles. The fraction of sp³-hybridized carbons (Fsp3) is 0.174. The van der Waals surface area contributed by atoms with Gasteiger partial charge in [-0.15, -0.1) is 53.6 Å². The van der Waals surface area contributed by atoms with Gasteiger partial charge in [-0.3, -0.25) is 0 Å². The number of hydrogen-bond acceptors (Lipinski definition) is 4. The van der Waals surface area contributed by atoms with E-state index in [4.69, 9.17) is 9.72 Å². The Morgan fingerprint density at radius 2 is 1.31 bits per heavy atom. The number of pyridine rings is 1. The Balaban J connectivity index is 0.00000420. The Bertz CT molecular complexity index is 2400. The Hall–Kier alpha value is -5.12. The average molecular weight is 861 g/mol. The maximum Gasteiger partial charge on any atom is 0.135 e. The molecule has 0 N–H and O–H groups in total. The van der Waals surface area contributed by atoms with Crippen LogP contribution in [0.4, 0.5) is 11.4 Å². The first kappa shape index (κ1) is 35.3. The van der Waals surface area contributed by atoms with Gasteiger partial charge in [0.1, 0.15) is 5.82 Å². The molecule has 8 rings (SSSR count). The normalized spacial score (nSPS) is 13.2. The molecule has 5 nitrogen and oxygen atoms in total. The molecule has 0 saturated carbocycles. The number of anilines is 2. The van der Waals surface area contributed by atoms with Gasteiger partial charge in [0.05, 0.1) is 0 Å². The van der Waals surface area contributed by atoms with Crippen LogP contribution in [0.2, 0.25) is 0 Å². The molecule has 3 heterocycles. The minimum Gasteiger partial charge on any atom is -0.509 e. The topological polar surface area (TPSA) is 33.5 Å². The number of aromatic nitrogens is 2. The molecule has 0 amide bonds. The Morgan fingerprint density at radius 3 is 2.06 bits per heavy atom. The molecule has 0 atom stereocenters. The summed E-state index contributed by atoms with van der Waals surface area (Å²) in [5.74, 6) is 2.12. The molecule has 1 aliphatic heterocycles. The monoisotopic (exact) mass is 860 g/mol. The molecular formula is C46H41N4OPt-3. The van der Waals surface area contributed by atoms with E-state index in [-0.39, 0.29) is 31.9 Å². The predicted octanol–water partition coefficient (Wildman–Crippen LogP) is 11.7. The maximum absolute atomic E-state index is 6.63. The van der Waals surface area contributed by atoms with Gasteiger partial charge in [-0.05, 0) is 75.6 Å². The van der Waals surface area contributed by atoms with Crippen molar-refractivity contribution in [3.8, 4) is 28.4 Å². The van der Waals surface area contributed by atoms with Crippen molar-refractivity contribution in [3.05, 3.63) is 164 Å². The molecule has 52 heavy (non-hydrogen) atoms. The number of para-hydroxylation sites is 1. The molecule has 0 bridgehead atoms. The van der Waals surface area contributed by atoms with Crippen LogP contribution in [0, 0.1) is 18.8 Å². The molecule has 0 fully saturated rings. The van der Waals surface area contributed by atoms with Crippen LogP contribution in [0.1, 0.15) is 52.7 Å². The molecule has 7 aromatic rings. The van der Waals surface area contributed by atoms with E-state index in [1.54, 1.807) is 0 Å². The van der Waals surface area contributed by atoms with Gasteiger partial charge in [-0.2, -0.15) is 6.07 Å². The van der Waals surface area contributed by atoms with Gasteiger partial charge in [0.2, 0.25) is 0 Å². The molecule has 6 heteroatoms. The molecule has 0 unspecified atom stereocenters. The van der Waals surface area contributed by atoms with Gasteiger partial charge < -0.3 is 19.1 Å². The van der Waals surface area contributed by atoms with Crippen LogP contribution in [0.3, 0.4) is 0 Å². The zero-order valence-electron chi connectivity index (χ0n) is 30.3. The van der Waals surface area contributed by atoms with Crippen LogP contribution >= 0.6 is 0 Å². The number of fused-ring (bicyclic) bond motifs is 3. The van der Waals surface area contributed by atoms with Crippen LogP contribution in [-0.2, 0) is 31.9 Å². The summed E-state index contributed by atoms with van der Waals surface area (Å²) < 4.78 is 8.82. The third-order valence-electron chi connectivity index (χ3n) is 9.50. The number of hydrogen-bond donors (Lipinski definition) is 0. The Labute approximate surface area is 321 Å². The first-order chi connectivity index (χ1) is 24.5. The van der Waals surface area contributed by atoms with Gasteiger partial charge in [-0.1, -0.05) is 108 Å². The van der Waals surface area contributed by atoms with Gasteiger partial charge in [-0.25, -0.2) is 4.98 Å². The molecule has 0 radical (unpaired) electrons. The minimum atomic E-state index is -0.109. The summed E-state index contributed by atoms with van der Waals surface area (Å²) >= 11 is 0. The van der Waals surface area contributed by atoms with Crippen molar-refractivity contribution >= 4 is 33.2 Å². The molecule has 5 aromatic carbocycles. The number of ether oxygens (including phenoxy) is 1. The van der Waals surface area contributed by atoms with E-state index in [0.717, 1.165) is 44.6 Å². The quantitative estimate of drug-likeness (QED) is 0.156. The van der Waals surface area contributed by atoms with E-state index < -0.39 is 0 Å². The number of nitrogens with zero attached hydrogens (tertiary/aromatic N) is 4. The molecule has 1 aliphatic rings. The predicted molar refractivity (Wildman–Crippen MR) is 210 cm³/mol. The first-order valence-corrected chi connectivity index (χ1v) is 17.4. The van der Waals surface area contributed by atoms with Crippen molar-refractivity contribution in [3.63, 3.8) is 0 Å². The van der Waals surface area contributed by atoms with E-state index in [0.29, 0.717) is 11.5 Å². The fourth-order valence-electron chi connectivity index (χ4n) is 6.56. The molecule has 264 valence electrons. The van der Waals surface area contributed by atoms with E-state index in [9.17, 15) is 0 Å². The molecule has 2 aromatic heterocycles. The summed E-state index contributed by atoms with van der Waals surface area (Å²) in [6.45, 7) is 15.4. The SMILES string of the molecule is CC(C)(C)c1cc(Oc2[c-]c3c(cc2)c2ccccc2n3-c2cc(C(C)(C)C)ccn2)[c-]c(N2C=CN(c3ccc(-c4ccccc4)cc3)[CH-]2)c1.[Pt]. The summed E-state index contributed by atoms with van der Waals surface area (Å²) in [7, 11) is 0. The second-order valence-corrected chi connectivity index (χ2v) is 15.2. The van der Waals surface area contributed by atoms with Crippen molar-refractivity contribution < 1.29 is 25.8 Å². The van der Waals surface area contributed by atoms with Crippen molar-refractivity contribution in [2.75, 3.05) is 9.80 Å². The standard InChI is InChI=1S/C46H41N4O.Pt/c1-45(2,3)34-22-23-47-44(28-34)50-42-15-11-10-14-40(42)41-21-20-38(30-43(41)50)51-39-27-35(46(4,5)6)26-37(29-39)49-25-24-48(31-49)36-18-16-33(17-19-36)32-12-8-7-9-13-32;/h7-28,31H,1-6H3;/q-3;. The second kappa shape index (κ2) is 13.8. The van der Waals surface area contributed by atoms with E-state index in [2.05, 4.69) is 190 Å². The van der Waals surface area contributed by atoms with Gasteiger partial charge in [0.25, 0.3) is 0 Å². The summed E-state index contributed by atoms with van der Waals surface area (Å²) in [5.41, 5.74) is 8.64. The number of benzene rings is 5. The Kier molecular flexibility index (Phi) is 9.35. The smallest absolute Gasteiger partial charge is 0.135 e. The zero-order valence-corrected chi connectivity index (χ0v) is 32.6. The third-order valence-corrected chi connectivity index (χ3v) is 9.50. The second-order valence-electron chi connectivity index (χ2n) is 15.2.